The van der Waals surface area contributed by atoms with Crippen molar-refractivity contribution in [1.29, 1.82) is 0 Å². The van der Waals surface area contributed by atoms with Crippen LogP contribution in [0.3, 0.4) is 0 Å². The van der Waals surface area contributed by atoms with Gasteiger partial charge < -0.3 is 15.5 Å². The highest BCUT2D eigenvalue weighted by Crippen LogP contribution is 2.40. The van der Waals surface area contributed by atoms with Crippen LogP contribution >= 0.6 is 0 Å². The quantitative estimate of drug-likeness (QED) is 0.912. The number of amides is 2. The molecule has 2 amide bonds. The van der Waals surface area contributed by atoms with Crippen molar-refractivity contribution in [2.45, 2.75) is 18.4 Å². The van der Waals surface area contributed by atoms with E-state index in [1.54, 1.807) is 6.20 Å². The second-order valence-electron chi connectivity index (χ2n) is 5.76. The van der Waals surface area contributed by atoms with Crippen molar-refractivity contribution in [3.05, 3.63) is 54.2 Å². The van der Waals surface area contributed by atoms with Gasteiger partial charge in [0.2, 0.25) is 0 Å². The number of pyridine rings is 1. The van der Waals surface area contributed by atoms with E-state index in [0.29, 0.717) is 11.6 Å². The van der Waals surface area contributed by atoms with E-state index < -0.39 is 0 Å². The summed E-state index contributed by atoms with van der Waals surface area (Å²) in [5, 5.41) is 5.82. The molecule has 5 heteroatoms. The van der Waals surface area contributed by atoms with Crippen LogP contribution in [0.2, 0.25) is 0 Å². The highest BCUT2D eigenvalue weighted by Gasteiger charge is 2.39. The average Bonchev–Trinajstić information content (AvgIpc) is 3.27. The molecule has 0 spiro atoms. The van der Waals surface area contributed by atoms with Crippen molar-refractivity contribution >= 4 is 17.5 Å². The summed E-state index contributed by atoms with van der Waals surface area (Å²) in [7, 11) is 3.86. The first-order chi connectivity index (χ1) is 10.6. The molecule has 1 saturated carbocycles. The average molecular weight is 296 g/mol. The van der Waals surface area contributed by atoms with Crippen molar-refractivity contribution < 1.29 is 4.79 Å². The molecule has 22 heavy (non-hydrogen) atoms. The Morgan fingerprint density at radius 2 is 1.95 bits per heavy atom. The molecular weight excluding hydrogens is 276 g/mol. The third kappa shape index (κ3) is 3.36. The van der Waals surface area contributed by atoms with Crippen LogP contribution in [0.1, 0.15) is 17.9 Å². The van der Waals surface area contributed by atoms with E-state index in [0.717, 1.165) is 12.2 Å². The van der Waals surface area contributed by atoms with E-state index >= 15 is 0 Å². The fraction of sp³-hybridized carbons (Fsp3) is 0.294. The lowest BCUT2D eigenvalue weighted by atomic mass is 10.1. The lowest BCUT2D eigenvalue weighted by molar-refractivity contribution is 0.251. The maximum Gasteiger partial charge on any atom is 0.319 e. The third-order valence-electron chi connectivity index (χ3n) is 3.80. The van der Waals surface area contributed by atoms with Gasteiger partial charge in [0.25, 0.3) is 0 Å². The summed E-state index contributed by atoms with van der Waals surface area (Å²) in [5.74, 6) is 1.29. The van der Waals surface area contributed by atoms with Crippen LogP contribution in [0.5, 0.6) is 0 Å². The number of carbonyl (C=O) groups is 1. The molecule has 0 bridgehead atoms. The van der Waals surface area contributed by atoms with Gasteiger partial charge in [-0.3, -0.25) is 0 Å². The number of carbonyl (C=O) groups excluding carboxylic acids is 1. The van der Waals surface area contributed by atoms with E-state index in [2.05, 4.69) is 27.8 Å². The van der Waals surface area contributed by atoms with Gasteiger partial charge in [-0.15, -0.1) is 0 Å². The SMILES string of the molecule is CN(C)c1ccc(NC(=O)N[C@H]2C[C@H]2c2ccccc2)cn1. The summed E-state index contributed by atoms with van der Waals surface area (Å²) in [6.07, 6.45) is 2.66. The Balaban J connectivity index is 1.51. The molecule has 114 valence electrons. The summed E-state index contributed by atoms with van der Waals surface area (Å²) in [6, 6.07) is 14.0. The number of urea groups is 1. The van der Waals surface area contributed by atoms with Crippen LogP contribution in [0, 0.1) is 0 Å². The third-order valence-corrected chi connectivity index (χ3v) is 3.80. The number of nitrogens with zero attached hydrogens (tertiary/aromatic N) is 2. The fourth-order valence-corrected chi connectivity index (χ4v) is 2.48. The first-order valence-electron chi connectivity index (χ1n) is 7.39. The smallest absolute Gasteiger partial charge is 0.319 e. The molecule has 1 heterocycles. The Bertz CT molecular complexity index is 639. The number of hydrogen-bond acceptors (Lipinski definition) is 3. The predicted molar refractivity (Wildman–Crippen MR) is 88.3 cm³/mol. The Morgan fingerprint density at radius 1 is 1.18 bits per heavy atom. The second-order valence-corrected chi connectivity index (χ2v) is 5.76. The lowest BCUT2D eigenvalue weighted by Gasteiger charge is -2.12. The monoisotopic (exact) mass is 296 g/mol. The molecular formula is C17H20N4O. The fourth-order valence-electron chi connectivity index (χ4n) is 2.48. The molecule has 0 aliphatic heterocycles. The van der Waals surface area contributed by atoms with E-state index in [1.165, 1.54) is 5.56 Å². The zero-order chi connectivity index (χ0) is 15.5. The first kappa shape index (κ1) is 14.4. The largest absolute Gasteiger partial charge is 0.363 e. The number of aromatic nitrogens is 1. The first-order valence-corrected chi connectivity index (χ1v) is 7.39. The van der Waals surface area contributed by atoms with E-state index in [1.807, 2.05) is 49.3 Å². The summed E-state index contributed by atoms with van der Waals surface area (Å²) < 4.78 is 0. The van der Waals surface area contributed by atoms with Crippen molar-refractivity contribution in [3.63, 3.8) is 0 Å². The van der Waals surface area contributed by atoms with Crippen molar-refractivity contribution in [1.82, 2.24) is 10.3 Å². The highest BCUT2D eigenvalue weighted by atomic mass is 16.2. The number of nitrogens with one attached hydrogen (secondary N) is 2. The summed E-state index contributed by atoms with van der Waals surface area (Å²) in [5.41, 5.74) is 1.98. The summed E-state index contributed by atoms with van der Waals surface area (Å²) in [6.45, 7) is 0. The molecule has 5 nitrogen and oxygen atoms in total. The minimum atomic E-state index is -0.178. The molecule has 0 radical (unpaired) electrons. The Labute approximate surface area is 130 Å². The van der Waals surface area contributed by atoms with E-state index in [4.69, 9.17) is 0 Å². The standard InChI is InChI=1S/C17H20N4O/c1-21(2)16-9-8-13(11-18-16)19-17(22)20-15-10-14(15)12-6-4-3-5-7-12/h3-9,11,14-15H,10H2,1-2H3,(H2,19,20,22)/t14-,15-/m0/s1. The molecule has 0 saturated heterocycles. The Morgan fingerprint density at radius 3 is 2.59 bits per heavy atom. The lowest BCUT2D eigenvalue weighted by Crippen LogP contribution is -2.31. The predicted octanol–water partition coefficient (Wildman–Crippen LogP) is 2.83. The van der Waals surface area contributed by atoms with Gasteiger partial charge in [-0.25, -0.2) is 9.78 Å². The summed E-state index contributed by atoms with van der Waals surface area (Å²) >= 11 is 0. The molecule has 1 fully saturated rings. The van der Waals surface area contributed by atoms with Gasteiger partial charge >= 0.3 is 6.03 Å². The maximum atomic E-state index is 12.0. The van der Waals surface area contributed by atoms with Gasteiger partial charge in [0.05, 0.1) is 11.9 Å². The Hall–Kier alpha value is -2.56. The number of benzene rings is 1. The molecule has 1 aromatic carbocycles. The van der Waals surface area contributed by atoms with Crippen molar-refractivity contribution in [2.75, 3.05) is 24.3 Å². The second kappa shape index (κ2) is 6.05. The zero-order valence-electron chi connectivity index (χ0n) is 12.8. The Kier molecular flexibility index (Phi) is 3.96. The topological polar surface area (TPSA) is 57.3 Å². The molecule has 1 aliphatic carbocycles. The van der Waals surface area contributed by atoms with Gasteiger partial charge in [0.1, 0.15) is 5.82 Å². The molecule has 2 aromatic rings. The van der Waals surface area contributed by atoms with Crippen molar-refractivity contribution in [2.24, 2.45) is 0 Å². The van der Waals surface area contributed by atoms with Gasteiger partial charge in [0.15, 0.2) is 0 Å². The number of rotatable bonds is 4. The normalized spacial score (nSPS) is 19.4. The molecule has 1 aromatic heterocycles. The molecule has 2 N–H and O–H groups in total. The summed E-state index contributed by atoms with van der Waals surface area (Å²) in [4.78, 5) is 18.2. The van der Waals surface area contributed by atoms with E-state index in [-0.39, 0.29) is 12.1 Å². The molecule has 0 unspecified atom stereocenters. The highest BCUT2D eigenvalue weighted by molar-refractivity contribution is 5.89. The minimum absolute atomic E-state index is 0.178. The van der Waals surface area contributed by atoms with Crippen molar-refractivity contribution in [3.8, 4) is 0 Å². The maximum absolute atomic E-state index is 12.0. The minimum Gasteiger partial charge on any atom is -0.363 e. The number of anilines is 2. The van der Waals surface area contributed by atoms with E-state index in [9.17, 15) is 4.79 Å². The van der Waals surface area contributed by atoms with Gasteiger partial charge in [0, 0.05) is 26.1 Å². The number of hydrogen-bond donors (Lipinski definition) is 2. The van der Waals surface area contributed by atoms with Crippen LogP contribution in [0.4, 0.5) is 16.3 Å². The van der Waals surface area contributed by atoms with Crippen LogP contribution < -0.4 is 15.5 Å². The van der Waals surface area contributed by atoms with Gasteiger partial charge in [-0.1, -0.05) is 30.3 Å². The zero-order valence-corrected chi connectivity index (χ0v) is 12.8. The molecule has 2 atom stereocenters. The molecule has 3 rings (SSSR count). The van der Waals surface area contributed by atoms with Crippen LogP contribution in [0.25, 0.3) is 0 Å². The van der Waals surface area contributed by atoms with Crippen LogP contribution in [-0.4, -0.2) is 31.2 Å². The molecule has 1 aliphatic rings. The van der Waals surface area contributed by atoms with Crippen LogP contribution in [0.15, 0.2) is 48.7 Å². The van der Waals surface area contributed by atoms with Gasteiger partial charge in [-0.05, 0) is 24.1 Å². The van der Waals surface area contributed by atoms with Crippen LogP contribution in [-0.2, 0) is 0 Å². The van der Waals surface area contributed by atoms with Gasteiger partial charge in [-0.2, -0.15) is 0 Å².